The molecule has 0 amide bonds. The lowest BCUT2D eigenvalue weighted by molar-refractivity contribution is -0.0946. The lowest BCUT2D eigenvalue weighted by atomic mass is 9.61. The molecule has 0 bridgehead atoms. The summed E-state index contributed by atoms with van der Waals surface area (Å²) in [6.07, 6.45) is 11.3. The zero-order valence-corrected chi connectivity index (χ0v) is 19.0. The van der Waals surface area contributed by atoms with Crippen LogP contribution in [0.25, 0.3) is 0 Å². The van der Waals surface area contributed by atoms with E-state index < -0.39 is 0 Å². The molecule has 2 N–H and O–H groups in total. The molecule has 2 atom stereocenters. The summed E-state index contributed by atoms with van der Waals surface area (Å²) in [5.41, 5.74) is 3.14. The summed E-state index contributed by atoms with van der Waals surface area (Å²) in [6.45, 7) is 8.86. The van der Waals surface area contributed by atoms with Gasteiger partial charge in [-0.1, -0.05) is 0 Å². The van der Waals surface area contributed by atoms with Gasteiger partial charge in [-0.3, -0.25) is 5.10 Å². The molecule has 0 aliphatic heterocycles. The van der Waals surface area contributed by atoms with E-state index in [1.165, 1.54) is 49.8 Å². The highest BCUT2D eigenvalue weighted by Crippen LogP contribution is 2.52. The molecule has 29 heavy (non-hydrogen) atoms. The van der Waals surface area contributed by atoms with Gasteiger partial charge in [0.2, 0.25) is 0 Å². The van der Waals surface area contributed by atoms with Crippen molar-refractivity contribution in [3.63, 3.8) is 0 Å². The maximum absolute atomic E-state index is 6.07. The monoisotopic (exact) mass is 406 g/mol. The van der Waals surface area contributed by atoms with Crippen LogP contribution in [-0.4, -0.2) is 67.7 Å². The van der Waals surface area contributed by atoms with Gasteiger partial charge in [0.25, 0.3) is 0 Å². The number of rotatable bonds is 10. The highest BCUT2D eigenvalue weighted by molar-refractivity contribution is 5.21. The highest BCUT2D eigenvalue weighted by atomic mass is 16.5. The molecule has 2 fully saturated rings. The molecule has 6 nitrogen and oxygen atoms in total. The molecule has 1 aromatic rings. The first kappa shape index (κ1) is 22.7. The lowest BCUT2D eigenvalue weighted by Gasteiger charge is -2.48. The average Bonchev–Trinajstić information content (AvgIpc) is 3.15. The van der Waals surface area contributed by atoms with Crippen molar-refractivity contribution >= 4 is 0 Å². The Morgan fingerprint density at radius 1 is 1.17 bits per heavy atom. The molecule has 1 heterocycles. The van der Waals surface area contributed by atoms with Gasteiger partial charge in [-0.25, -0.2) is 0 Å². The SMILES string of the molecule is CCOC1CC(OCC)CC2(CCC(c3[nH]ncc3CN(C)CCNC)CC2)C1. The lowest BCUT2D eigenvalue weighted by Crippen LogP contribution is -2.42. The Kier molecular flexibility index (Phi) is 8.54. The molecule has 2 unspecified atom stereocenters. The Morgan fingerprint density at radius 2 is 1.83 bits per heavy atom. The van der Waals surface area contributed by atoms with Crippen molar-refractivity contribution < 1.29 is 9.47 Å². The standard InChI is InChI=1S/C23H42N4O2/c1-5-28-20-13-21(29-6-2)15-23(14-20)9-7-18(8-10-23)22-19(16-25-26-22)17-27(4)12-11-24-3/h16,18,20-21,24H,5-15,17H2,1-4H3,(H,25,26). The number of hydrogen-bond donors (Lipinski definition) is 2. The van der Waals surface area contributed by atoms with E-state index in [2.05, 4.69) is 41.3 Å². The second-order valence-corrected chi connectivity index (χ2v) is 9.22. The fourth-order valence-corrected chi connectivity index (χ4v) is 5.63. The summed E-state index contributed by atoms with van der Waals surface area (Å²) in [4.78, 5) is 2.37. The predicted octanol–water partition coefficient (Wildman–Crippen LogP) is 3.70. The van der Waals surface area contributed by atoms with Crippen LogP contribution >= 0.6 is 0 Å². The molecule has 2 aliphatic carbocycles. The Bertz CT molecular complexity index is 581. The number of H-pyrrole nitrogens is 1. The van der Waals surface area contributed by atoms with Gasteiger partial charge in [0.05, 0.1) is 18.4 Å². The van der Waals surface area contributed by atoms with Crippen LogP contribution in [0.5, 0.6) is 0 Å². The first-order valence-corrected chi connectivity index (χ1v) is 11.7. The van der Waals surface area contributed by atoms with E-state index in [9.17, 15) is 0 Å². The predicted molar refractivity (Wildman–Crippen MR) is 117 cm³/mol. The van der Waals surface area contributed by atoms with Crippen LogP contribution in [0.2, 0.25) is 0 Å². The molecule has 0 saturated heterocycles. The van der Waals surface area contributed by atoms with E-state index in [0.717, 1.165) is 39.3 Å². The van der Waals surface area contributed by atoms with Crippen LogP contribution in [0.4, 0.5) is 0 Å². The smallest absolute Gasteiger partial charge is 0.0605 e. The van der Waals surface area contributed by atoms with Crippen LogP contribution in [0.1, 0.15) is 76.0 Å². The van der Waals surface area contributed by atoms with Crippen molar-refractivity contribution in [2.24, 2.45) is 5.41 Å². The third kappa shape index (κ3) is 6.03. The maximum Gasteiger partial charge on any atom is 0.0605 e. The first-order chi connectivity index (χ1) is 14.1. The van der Waals surface area contributed by atoms with E-state index in [4.69, 9.17) is 9.47 Å². The van der Waals surface area contributed by atoms with Crippen molar-refractivity contribution in [3.05, 3.63) is 17.5 Å². The largest absolute Gasteiger partial charge is 0.378 e. The van der Waals surface area contributed by atoms with Gasteiger partial charge in [-0.15, -0.1) is 0 Å². The van der Waals surface area contributed by atoms with Crippen LogP contribution in [-0.2, 0) is 16.0 Å². The fraction of sp³-hybridized carbons (Fsp3) is 0.870. The third-order valence-electron chi connectivity index (χ3n) is 7.04. The van der Waals surface area contributed by atoms with E-state index in [1.807, 2.05) is 13.2 Å². The fourth-order valence-electron chi connectivity index (χ4n) is 5.63. The molecule has 166 valence electrons. The van der Waals surface area contributed by atoms with Crippen molar-refractivity contribution in [2.45, 2.75) is 83.5 Å². The van der Waals surface area contributed by atoms with Gasteiger partial charge in [-0.05, 0) is 78.3 Å². The second kappa shape index (κ2) is 10.9. The van der Waals surface area contributed by atoms with Crippen LogP contribution in [0.15, 0.2) is 6.20 Å². The Balaban J connectivity index is 1.60. The first-order valence-electron chi connectivity index (χ1n) is 11.7. The number of aromatic nitrogens is 2. The summed E-state index contributed by atoms with van der Waals surface area (Å²) in [6, 6.07) is 0. The summed E-state index contributed by atoms with van der Waals surface area (Å²) in [7, 11) is 4.19. The van der Waals surface area contributed by atoms with Crippen LogP contribution < -0.4 is 5.32 Å². The minimum Gasteiger partial charge on any atom is -0.378 e. The van der Waals surface area contributed by atoms with E-state index >= 15 is 0 Å². The van der Waals surface area contributed by atoms with Crippen LogP contribution in [0, 0.1) is 5.41 Å². The van der Waals surface area contributed by atoms with Gasteiger partial charge >= 0.3 is 0 Å². The minimum absolute atomic E-state index is 0.366. The van der Waals surface area contributed by atoms with Crippen molar-refractivity contribution in [3.8, 4) is 0 Å². The third-order valence-corrected chi connectivity index (χ3v) is 7.04. The number of hydrogen-bond acceptors (Lipinski definition) is 5. The van der Waals surface area contributed by atoms with E-state index in [-0.39, 0.29) is 0 Å². The molecule has 0 radical (unpaired) electrons. The molecular weight excluding hydrogens is 364 g/mol. The minimum atomic E-state index is 0.366. The van der Waals surface area contributed by atoms with Gasteiger partial charge in [-0.2, -0.15) is 5.10 Å². The second-order valence-electron chi connectivity index (χ2n) is 9.22. The maximum atomic E-state index is 6.07. The van der Waals surface area contributed by atoms with E-state index in [0.29, 0.717) is 23.5 Å². The van der Waals surface area contributed by atoms with Crippen LogP contribution in [0.3, 0.4) is 0 Å². The van der Waals surface area contributed by atoms with Gasteiger partial charge in [0.15, 0.2) is 0 Å². The number of nitrogens with one attached hydrogen (secondary N) is 2. The summed E-state index contributed by atoms with van der Waals surface area (Å²) in [5, 5.41) is 11.0. The van der Waals surface area contributed by atoms with E-state index in [1.54, 1.807) is 0 Å². The number of ether oxygens (including phenoxy) is 2. The molecule has 3 rings (SSSR count). The number of likely N-dealkylation sites (N-methyl/N-ethyl adjacent to an activating group) is 2. The van der Waals surface area contributed by atoms with Crippen molar-refractivity contribution in [1.29, 1.82) is 0 Å². The van der Waals surface area contributed by atoms with Crippen molar-refractivity contribution in [1.82, 2.24) is 20.4 Å². The zero-order chi connectivity index (χ0) is 20.7. The quantitative estimate of drug-likeness (QED) is 0.620. The molecule has 1 spiro atoms. The molecular formula is C23H42N4O2. The molecule has 6 heteroatoms. The Hall–Kier alpha value is -0.950. The Morgan fingerprint density at radius 3 is 2.41 bits per heavy atom. The molecule has 2 aliphatic rings. The number of nitrogens with zero attached hydrogens (tertiary/aromatic N) is 2. The molecule has 2 saturated carbocycles. The average molecular weight is 407 g/mol. The van der Waals surface area contributed by atoms with Gasteiger partial charge in [0, 0.05) is 50.0 Å². The topological polar surface area (TPSA) is 62.4 Å². The summed E-state index contributed by atoms with van der Waals surface area (Å²) < 4.78 is 12.1. The summed E-state index contributed by atoms with van der Waals surface area (Å²) >= 11 is 0. The van der Waals surface area contributed by atoms with Gasteiger partial charge in [0.1, 0.15) is 0 Å². The highest BCUT2D eigenvalue weighted by Gasteiger charge is 2.44. The Labute approximate surface area is 177 Å². The zero-order valence-electron chi connectivity index (χ0n) is 19.0. The van der Waals surface area contributed by atoms with Gasteiger partial charge < -0.3 is 19.7 Å². The molecule has 1 aromatic heterocycles. The van der Waals surface area contributed by atoms with Crippen molar-refractivity contribution in [2.75, 3.05) is 40.4 Å². The normalized spacial score (nSPS) is 30.3. The molecule has 0 aromatic carbocycles. The summed E-state index contributed by atoms with van der Waals surface area (Å²) in [5.74, 6) is 0.605. The number of aromatic amines is 1.